The highest BCUT2D eigenvalue weighted by molar-refractivity contribution is 8.11. The highest BCUT2D eigenvalue weighted by Crippen LogP contribution is 2.57. The minimum atomic E-state index is -2.90. The molecule has 0 aliphatic carbocycles. The fourth-order valence-corrected chi connectivity index (χ4v) is 4.84. The number of nitrogens with zero attached hydrogens (tertiary/aromatic N) is 1. The number of rotatable bonds is 3. The molecule has 1 aliphatic heterocycles. The maximum atomic E-state index is 12.3. The van der Waals surface area contributed by atoms with Gasteiger partial charge >= 0.3 is 6.09 Å². The van der Waals surface area contributed by atoms with Gasteiger partial charge in [0.05, 0.1) is 25.0 Å². The molecule has 2 rings (SSSR count). The van der Waals surface area contributed by atoms with Crippen molar-refractivity contribution in [1.29, 1.82) is 0 Å². The second kappa shape index (κ2) is 6.68. The van der Waals surface area contributed by atoms with Crippen LogP contribution in [0.25, 0.3) is 0 Å². The lowest BCUT2D eigenvalue weighted by Gasteiger charge is -2.37. The van der Waals surface area contributed by atoms with E-state index in [2.05, 4.69) is 0 Å². The van der Waals surface area contributed by atoms with Gasteiger partial charge in [0.25, 0.3) is 6.64 Å². The summed E-state index contributed by atoms with van der Waals surface area (Å²) in [6.07, 6.45) is 0.204. The quantitative estimate of drug-likeness (QED) is 0.796. The number of hydrogen-bond donors (Lipinski definition) is 0. The third kappa shape index (κ3) is 3.38. The Labute approximate surface area is 124 Å². The van der Waals surface area contributed by atoms with Gasteiger partial charge in [-0.15, -0.1) is 0 Å². The molecule has 0 spiro atoms. The van der Waals surface area contributed by atoms with Crippen LogP contribution in [-0.4, -0.2) is 25.4 Å². The van der Waals surface area contributed by atoms with Crippen LogP contribution in [0.1, 0.15) is 20.3 Å². The monoisotopic (exact) mass is 315 g/mol. The molecule has 1 aromatic carbocycles. The molecule has 1 fully saturated rings. The van der Waals surface area contributed by atoms with Gasteiger partial charge in [-0.25, -0.2) is 9.46 Å². The zero-order valence-corrected chi connectivity index (χ0v) is 13.2. The molecule has 7 heteroatoms. The predicted octanol–water partition coefficient (Wildman–Crippen LogP) is 3.70. The molecule has 1 aliphatic rings. The second-order valence-electron chi connectivity index (χ2n) is 4.35. The summed E-state index contributed by atoms with van der Waals surface area (Å²) in [5.41, 5.74) is 0.628. The van der Waals surface area contributed by atoms with E-state index in [0.29, 0.717) is 12.3 Å². The maximum absolute atomic E-state index is 12.3. The molecule has 0 aromatic heterocycles. The largest absolute Gasteiger partial charge is 0.449 e. The minimum absolute atomic E-state index is 0.0322. The summed E-state index contributed by atoms with van der Waals surface area (Å²) in [4.78, 5) is 12.3. The lowest BCUT2D eigenvalue weighted by molar-refractivity contribution is 0.114. The van der Waals surface area contributed by atoms with Gasteiger partial charge in [-0.05, 0) is 44.2 Å². The minimum Gasteiger partial charge on any atom is -0.449 e. The summed E-state index contributed by atoms with van der Waals surface area (Å²) in [5.74, 6) is 0. The van der Waals surface area contributed by atoms with Crippen molar-refractivity contribution in [3.05, 3.63) is 30.3 Å². The topological polar surface area (TPSA) is 48.0 Å². The highest BCUT2D eigenvalue weighted by Gasteiger charge is 2.39. The number of carbonyl (C=O) groups is 1. The number of benzene rings is 1. The Bertz CT molecular complexity index is 510. The van der Waals surface area contributed by atoms with Gasteiger partial charge in [-0.2, -0.15) is 0 Å². The van der Waals surface area contributed by atoms with E-state index >= 15 is 0 Å². The number of ether oxygens (including phenoxy) is 1. The average Bonchev–Trinajstić information content (AvgIpc) is 2.39. The van der Waals surface area contributed by atoms with Crippen LogP contribution >= 0.6 is 6.64 Å². The molecular weight excluding hydrogens is 297 g/mol. The summed E-state index contributed by atoms with van der Waals surface area (Å²) in [7, 11) is 0. The lowest BCUT2D eigenvalue weighted by atomic mass is 10.3. The van der Waals surface area contributed by atoms with Crippen LogP contribution in [0.5, 0.6) is 0 Å². The highest BCUT2D eigenvalue weighted by atomic mass is 32.5. The molecule has 110 valence electrons. The van der Waals surface area contributed by atoms with Crippen molar-refractivity contribution in [1.82, 2.24) is 0 Å². The van der Waals surface area contributed by atoms with Gasteiger partial charge in [-0.3, -0.25) is 0 Å². The van der Waals surface area contributed by atoms with Gasteiger partial charge < -0.3 is 13.8 Å². The first-order valence-corrected chi connectivity index (χ1v) is 9.11. The zero-order chi connectivity index (χ0) is 14.6. The van der Waals surface area contributed by atoms with Gasteiger partial charge in [0.2, 0.25) is 0 Å². The maximum Gasteiger partial charge on any atom is 0.421 e. The van der Waals surface area contributed by atoms with E-state index < -0.39 is 12.7 Å². The van der Waals surface area contributed by atoms with Crippen LogP contribution < -0.4 is 4.67 Å². The molecule has 0 N–H and O–H groups in total. The van der Waals surface area contributed by atoms with Crippen molar-refractivity contribution >= 4 is 30.2 Å². The van der Waals surface area contributed by atoms with E-state index in [0.717, 1.165) is 6.42 Å². The Balaban J connectivity index is 2.36. The normalized spacial score (nSPS) is 26.0. The number of hydrogen-bond acceptors (Lipinski definition) is 5. The summed E-state index contributed by atoms with van der Waals surface area (Å²) >= 11 is 5.52. The Morgan fingerprint density at radius 1 is 1.50 bits per heavy atom. The average molecular weight is 315 g/mol. The molecule has 0 saturated carbocycles. The van der Waals surface area contributed by atoms with E-state index in [-0.39, 0.29) is 12.7 Å². The molecule has 2 atom stereocenters. The molecule has 20 heavy (non-hydrogen) atoms. The molecule has 1 amide bonds. The van der Waals surface area contributed by atoms with Crippen molar-refractivity contribution in [2.75, 3.05) is 17.9 Å². The van der Waals surface area contributed by atoms with Crippen LogP contribution in [0.3, 0.4) is 0 Å². The van der Waals surface area contributed by atoms with Crippen molar-refractivity contribution in [2.45, 2.75) is 26.4 Å². The van der Waals surface area contributed by atoms with Crippen molar-refractivity contribution < 1.29 is 18.6 Å². The first-order valence-electron chi connectivity index (χ1n) is 6.52. The van der Waals surface area contributed by atoms with Crippen molar-refractivity contribution in [3.8, 4) is 0 Å². The zero-order valence-electron chi connectivity index (χ0n) is 11.5. The lowest BCUT2D eigenvalue weighted by Crippen LogP contribution is -2.34. The summed E-state index contributed by atoms with van der Waals surface area (Å²) in [6, 6.07) is 9.10. The molecule has 1 saturated heterocycles. The number of carbonyl (C=O) groups excluding carboxylic acids is 1. The van der Waals surface area contributed by atoms with Gasteiger partial charge in [0, 0.05) is 0 Å². The van der Waals surface area contributed by atoms with Gasteiger partial charge in [0.15, 0.2) is 0 Å². The van der Waals surface area contributed by atoms with Gasteiger partial charge in [-0.1, -0.05) is 18.2 Å². The third-order valence-corrected chi connectivity index (χ3v) is 5.86. The van der Waals surface area contributed by atoms with Crippen LogP contribution in [0.4, 0.5) is 10.5 Å². The molecule has 0 bridgehead atoms. The van der Waals surface area contributed by atoms with E-state index in [1.54, 1.807) is 19.1 Å². The summed E-state index contributed by atoms with van der Waals surface area (Å²) in [6.45, 7) is 1.54. The number of amides is 1. The smallest absolute Gasteiger partial charge is 0.421 e. The number of para-hydroxylation sites is 1. The first-order chi connectivity index (χ1) is 9.57. The van der Waals surface area contributed by atoms with Crippen LogP contribution in [0, 0.1) is 0 Å². The van der Waals surface area contributed by atoms with E-state index in [4.69, 9.17) is 25.6 Å². The van der Waals surface area contributed by atoms with Gasteiger partial charge in [0.1, 0.15) is 0 Å². The second-order valence-corrected chi connectivity index (χ2v) is 7.54. The number of anilines is 1. The first kappa shape index (κ1) is 15.4. The third-order valence-electron chi connectivity index (χ3n) is 2.78. The van der Waals surface area contributed by atoms with Crippen molar-refractivity contribution in [3.63, 3.8) is 0 Å². The summed E-state index contributed by atoms with van der Waals surface area (Å²) < 4.78 is 17.9. The van der Waals surface area contributed by atoms with Crippen LogP contribution in [0.15, 0.2) is 30.3 Å². The fraction of sp³-hybridized carbons (Fsp3) is 0.462. The Morgan fingerprint density at radius 2 is 2.20 bits per heavy atom. The standard InChI is InChI=1S/C13H18NO4PS/c1-3-16-13(15)14(12-7-5-4-6-8-12)19(20)17-10-9-11(2)18-19/h4-8,11H,3,9-10H2,1-2H3/t11-,19-/m0/s1. The molecule has 1 heterocycles. The van der Waals surface area contributed by atoms with Crippen LogP contribution in [-0.2, 0) is 25.6 Å². The Morgan fingerprint density at radius 3 is 2.80 bits per heavy atom. The molecule has 1 aromatic rings. The van der Waals surface area contributed by atoms with Crippen LogP contribution in [0.2, 0.25) is 0 Å². The fourth-order valence-electron chi connectivity index (χ4n) is 1.85. The predicted molar refractivity (Wildman–Crippen MR) is 81.3 cm³/mol. The van der Waals surface area contributed by atoms with E-state index in [1.165, 1.54) is 4.67 Å². The Hall–Kier alpha value is -0.940. The van der Waals surface area contributed by atoms with Crippen molar-refractivity contribution in [2.24, 2.45) is 0 Å². The molecule has 0 unspecified atom stereocenters. The Kier molecular flexibility index (Phi) is 5.16. The summed E-state index contributed by atoms with van der Waals surface area (Å²) in [5, 5.41) is 0. The van der Waals surface area contributed by atoms with E-state index in [9.17, 15) is 4.79 Å². The molecule has 0 radical (unpaired) electrons. The molecule has 5 nitrogen and oxygen atoms in total. The molecular formula is C13H18NO4PS. The van der Waals surface area contributed by atoms with E-state index in [1.807, 2.05) is 25.1 Å². The SMILES string of the molecule is CCOC(=O)N(c1ccccc1)[P@]1(=S)OCC[C@H](C)O1.